The lowest BCUT2D eigenvalue weighted by Crippen LogP contribution is -2.35. The number of benzene rings is 2. The minimum atomic E-state index is -5.88. The molecule has 2 aliphatic rings. The molecule has 1 saturated heterocycles. The first-order valence-corrected chi connectivity index (χ1v) is 13.2. The molecular weight excluding hydrogens is 590 g/mol. The fourth-order valence-corrected chi connectivity index (χ4v) is 5.71. The van der Waals surface area contributed by atoms with Crippen LogP contribution in [0.5, 0.6) is 11.5 Å². The van der Waals surface area contributed by atoms with Crippen molar-refractivity contribution in [1.29, 1.82) is 0 Å². The third-order valence-corrected chi connectivity index (χ3v) is 7.46. The first-order valence-electron chi connectivity index (χ1n) is 10.9. The first-order chi connectivity index (χ1) is 17.0. The van der Waals surface area contributed by atoms with Crippen LogP contribution in [0.4, 0.5) is 22.4 Å². The Morgan fingerprint density at radius 2 is 1.78 bits per heavy atom. The fraction of sp³-hybridized carbons (Fsp3) is 0.435. The lowest BCUT2D eigenvalue weighted by Gasteiger charge is -2.26. The van der Waals surface area contributed by atoms with Gasteiger partial charge in [-0.15, -0.1) is 0 Å². The van der Waals surface area contributed by atoms with E-state index >= 15 is 0 Å². The summed E-state index contributed by atoms with van der Waals surface area (Å²) in [6, 6.07) is 4.19. The second-order valence-corrected chi connectivity index (χ2v) is 12.2. The van der Waals surface area contributed by atoms with Crippen LogP contribution in [-0.4, -0.2) is 38.8 Å². The molecule has 1 fully saturated rings. The van der Waals surface area contributed by atoms with E-state index in [-0.39, 0.29) is 36.7 Å². The lowest BCUT2D eigenvalue weighted by atomic mass is 10.1. The van der Waals surface area contributed by atoms with Crippen LogP contribution in [0.2, 0.25) is 0 Å². The zero-order chi connectivity index (χ0) is 27.4. The summed E-state index contributed by atoms with van der Waals surface area (Å²) in [5.74, 6) is -2.75. The van der Waals surface area contributed by atoms with Crippen molar-refractivity contribution in [2.45, 2.75) is 55.0 Å². The molecule has 1 spiro atoms. The number of carbonyl (C=O) groups excluding carboxylic acids is 1. The molecule has 0 bridgehead atoms. The Hall–Kier alpha value is -2.42. The average molecular weight is 612 g/mol. The molecule has 0 aromatic heterocycles. The van der Waals surface area contributed by atoms with Gasteiger partial charge in [0.2, 0.25) is 0 Å². The molecule has 0 radical (unpaired) electrons. The van der Waals surface area contributed by atoms with Crippen LogP contribution in [0, 0.1) is 5.82 Å². The number of hydrogen-bond acceptors (Lipinski definition) is 7. The molecular formula is C23H22BrF4NO7S. The third kappa shape index (κ3) is 5.42. The van der Waals surface area contributed by atoms with Crippen molar-refractivity contribution in [3.05, 3.63) is 51.7 Å². The van der Waals surface area contributed by atoms with E-state index in [1.54, 1.807) is 20.8 Å². The summed E-state index contributed by atoms with van der Waals surface area (Å²) in [5.41, 5.74) is -7.11. The van der Waals surface area contributed by atoms with Crippen LogP contribution in [0.1, 0.15) is 44.4 Å². The van der Waals surface area contributed by atoms with Crippen LogP contribution < -0.4 is 10.1 Å². The van der Waals surface area contributed by atoms with E-state index in [4.69, 9.17) is 18.9 Å². The van der Waals surface area contributed by atoms with Crippen molar-refractivity contribution in [1.82, 2.24) is 5.32 Å². The van der Waals surface area contributed by atoms with Gasteiger partial charge in [-0.25, -0.2) is 17.6 Å². The normalized spacial score (nSPS) is 19.1. The van der Waals surface area contributed by atoms with Crippen molar-refractivity contribution >= 4 is 31.9 Å². The molecule has 37 heavy (non-hydrogen) atoms. The summed E-state index contributed by atoms with van der Waals surface area (Å²) in [5, 5.41) is 2.55. The molecule has 4 rings (SSSR count). The number of sulfone groups is 1. The average Bonchev–Trinajstić information content (AvgIpc) is 3.31. The molecule has 2 aromatic rings. The number of nitrogens with one attached hydrogen (secondary N) is 1. The Kier molecular flexibility index (Phi) is 7.01. The summed E-state index contributed by atoms with van der Waals surface area (Å²) in [7, 11) is -5.88. The zero-order valence-electron chi connectivity index (χ0n) is 19.7. The Balaban J connectivity index is 1.92. The molecule has 1 aliphatic carbocycles. The minimum absolute atomic E-state index is 0.0357. The topological polar surface area (TPSA) is 100 Å². The maximum Gasteiger partial charge on any atom is 0.501 e. The molecule has 8 nitrogen and oxygen atoms in total. The maximum absolute atomic E-state index is 14.0. The van der Waals surface area contributed by atoms with Crippen molar-refractivity contribution < 1.29 is 49.7 Å². The molecule has 1 atom stereocenters. The number of alkyl halides is 3. The molecule has 1 N–H and O–H groups in total. The van der Waals surface area contributed by atoms with Crippen LogP contribution in [0.15, 0.2) is 39.7 Å². The molecule has 1 amide bonds. The lowest BCUT2D eigenvalue weighted by molar-refractivity contribution is -0.168. The summed E-state index contributed by atoms with van der Waals surface area (Å²) in [6.45, 7) is 4.77. The Morgan fingerprint density at radius 3 is 2.35 bits per heavy atom. The van der Waals surface area contributed by atoms with Crippen LogP contribution in [-0.2, 0) is 29.8 Å². The predicted molar refractivity (Wildman–Crippen MR) is 124 cm³/mol. The summed E-state index contributed by atoms with van der Waals surface area (Å²) in [4.78, 5) is 11.5. The van der Waals surface area contributed by atoms with Gasteiger partial charge in [0.1, 0.15) is 22.9 Å². The quantitative estimate of drug-likeness (QED) is 0.433. The number of amides is 1. The highest BCUT2D eigenvalue weighted by atomic mass is 79.9. The Morgan fingerprint density at radius 1 is 1.14 bits per heavy atom. The van der Waals surface area contributed by atoms with E-state index in [0.29, 0.717) is 4.47 Å². The van der Waals surface area contributed by atoms with Crippen LogP contribution >= 0.6 is 15.9 Å². The number of fused-ring (bicyclic) bond motifs is 2. The van der Waals surface area contributed by atoms with Gasteiger partial charge in [0.15, 0.2) is 5.79 Å². The van der Waals surface area contributed by atoms with Gasteiger partial charge in [-0.2, -0.15) is 13.2 Å². The van der Waals surface area contributed by atoms with Crippen LogP contribution in [0.3, 0.4) is 0 Å². The van der Waals surface area contributed by atoms with E-state index in [1.165, 1.54) is 12.1 Å². The first kappa shape index (κ1) is 27.6. The van der Waals surface area contributed by atoms with E-state index in [9.17, 15) is 30.8 Å². The van der Waals surface area contributed by atoms with Gasteiger partial charge in [-0.3, -0.25) is 0 Å². The SMILES string of the molecule is CC(C)(C)OC(=O)NC1CC2(OCCO2)c2c(S(=O)(=O)C(F)(F)F)ccc(Oc3cc(F)cc(Br)c3)c21. The number of carbonyl (C=O) groups is 1. The maximum atomic E-state index is 14.0. The Labute approximate surface area is 218 Å². The van der Waals surface area contributed by atoms with E-state index in [0.717, 1.165) is 18.2 Å². The second kappa shape index (κ2) is 9.40. The highest BCUT2D eigenvalue weighted by Gasteiger charge is 2.57. The predicted octanol–water partition coefficient (Wildman–Crippen LogP) is 5.84. The van der Waals surface area contributed by atoms with Gasteiger partial charge in [-0.1, -0.05) is 15.9 Å². The minimum Gasteiger partial charge on any atom is -0.457 e. The number of ether oxygens (including phenoxy) is 4. The summed E-state index contributed by atoms with van der Waals surface area (Å²) >= 11 is 3.13. The van der Waals surface area contributed by atoms with Gasteiger partial charge in [0.25, 0.3) is 9.84 Å². The molecule has 2 aromatic carbocycles. The van der Waals surface area contributed by atoms with Crippen molar-refractivity contribution in [3.63, 3.8) is 0 Å². The van der Waals surface area contributed by atoms with Gasteiger partial charge in [0, 0.05) is 28.1 Å². The number of hydrogen-bond donors (Lipinski definition) is 1. The molecule has 0 saturated carbocycles. The van der Waals surface area contributed by atoms with Gasteiger partial charge in [-0.05, 0) is 45.0 Å². The second-order valence-electron chi connectivity index (χ2n) is 9.36. The third-order valence-electron chi connectivity index (χ3n) is 5.47. The fourth-order valence-electron chi connectivity index (χ4n) is 4.23. The van der Waals surface area contributed by atoms with Gasteiger partial charge in [0.05, 0.1) is 24.2 Å². The standard InChI is InChI=1S/C23H22BrF4NO7S/c1-21(2,3)36-20(30)29-15-11-22(33-6-7-34-22)19-17(37(31,32)23(26,27)28)5-4-16(18(15)19)35-14-9-12(24)8-13(25)10-14/h4-5,8-10,15H,6-7,11H2,1-3H3,(H,29,30). The number of rotatable bonds is 4. The highest BCUT2D eigenvalue weighted by Crippen LogP contribution is 2.55. The highest BCUT2D eigenvalue weighted by molar-refractivity contribution is 9.10. The van der Waals surface area contributed by atoms with Crippen molar-refractivity contribution in [3.8, 4) is 11.5 Å². The van der Waals surface area contributed by atoms with Gasteiger partial charge >= 0.3 is 11.6 Å². The summed E-state index contributed by atoms with van der Waals surface area (Å²) in [6.07, 6.45) is -1.18. The van der Waals surface area contributed by atoms with E-state index < -0.39 is 55.1 Å². The van der Waals surface area contributed by atoms with Crippen molar-refractivity contribution in [2.75, 3.05) is 13.2 Å². The summed E-state index contributed by atoms with van der Waals surface area (Å²) < 4.78 is 103. The number of alkyl carbamates (subject to hydrolysis) is 1. The van der Waals surface area contributed by atoms with Gasteiger partial charge < -0.3 is 24.3 Å². The smallest absolute Gasteiger partial charge is 0.457 e. The van der Waals surface area contributed by atoms with E-state index in [1.807, 2.05) is 0 Å². The Bertz CT molecular complexity index is 1320. The van der Waals surface area contributed by atoms with Crippen LogP contribution in [0.25, 0.3) is 0 Å². The largest absolute Gasteiger partial charge is 0.501 e. The molecule has 1 aliphatic heterocycles. The molecule has 1 unspecified atom stereocenters. The molecule has 1 heterocycles. The van der Waals surface area contributed by atoms with E-state index in [2.05, 4.69) is 21.2 Å². The zero-order valence-corrected chi connectivity index (χ0v) is 22.1. The number of halogens is 5. The monoisotopic (exact) mass is 611 g/mol. The van der Waals surface area contributed by atoms with Crippen molar-refractivity contribution in [2.24, 2.45) is 0 Å². The molecule has 202 valence electrons. The molecule has 14 heteroatoms.